The van der Waals surface area contributed by atoms with Crippen LogP contribution >= 0.6 is 0 Å². The summed E-state index contributed by atoms with van der Waals surface area (Å²) in [5, 5.41) is 5.49. The number of rotatable bonds is 3. The van der Waals surface area contributed by atoms with Gasteiger partial charge in [0, 0.05) is 53.9 Å². The lowest BCUT2D eigenvalue weighted by atomic mass is 9.99. The predicted molar refractivity (Wildman–Crippen MR) is 112 cm³/mol. The van der Waals surface area contributed by atoms with Crippen molar-refractivity contribution in [3.05, 3.63) is 77.6 Å². The van der Waals surface area contributed by atoms with Crippen LogP contribution < -0.4 is 4.57 Å². The minimum absolute atomic E-state index is 0.124. The number of fused-ring (bicyclic) bond motifs is 1. The summed E-state index contributed by atoms with van der Waals surface area (Å²) >= 11 is 0. The molecule has 0 aliphatic carbocycles. The van der Waals surface area contributed by atoms with Gasteiger partial charge in [-0.05, 0) is 45.0 Å². The van der Waals surface area contributed by atoms with Gasteiger partial charge >= 0.3 is 6.18 Å². The quantitative estimate of drug-likeness (QED) is 0.369. The molecule has 0 saturated carbocycles. The number of benzene rings is 2. The van der Waals surface area contributed by atoms with Gasteiger partial charge in [0.25, 0.3) is 0 Å². The highest BCUT2D eigenvalue weighted by atomic mass is 19.4. The number of nitrogens with zero attached hydrogens (tertiary/aromatic N) is 3. The first-order chi connectivity index (χ1) is 14.2. The fraction of sp³-hybridized carbons (Fsp3) is 0.250. The van der Waals surface area contributed by atoms with Crippen LogP contribution in [0.2, 0.25) is 0 Å². The molecule has 0 bridgehead atoms. The smallest absolute Gasteiger partial charge is 0.270 e. The molecule has 0 N–H and O–H groups in total. The minimum atomic E-state index is -4.46. The first-order valence-electron chi connectivity index (χ1n) is 9.85. The number of aromatic nitrogens is 3. The highest BCUT2D eigenvalue weighted by Crippen LogP contribution is 2.36. The molecular weight excluding hydrogens is 387 g/mol. The monoisotopic (exact) mass is 410 g/mol. The summed E-state index contributed by atoms with van der Waals surface area (Å²) in [6, 6.07) is 15.9. The first-order valence-corrected chi connectivity index (χ1v) is 9.85. The van der Waals surface area contributed by atoms with E-state index in [2.05, 4.69) is 5.10 Å². The van der Waals surface area contributed by atoms with Crippen LogP contribution in [-0.4, -0.2) is 9.78 Å². The summed E-state index contributed by atoms with van der Waals surface area (Å²) in [5.41, 5.74) is 3.31. The van der Waals surface area contributed by atoms with Crippen LogP contribution in [0, 0.1) is 13.8 Å². The Morgan fingerprint density at radius 1 is 0.967 bits per heavy atom. The van der Waals surface area contributed by atoms with Crippen molar-refractivity contribution in [3.63, 3.8) is 0 Å². The molecule has 0 atom stereocenters. The molecule has 154 valence electrons. The summed E-state index contributed by atoms with van der Waals surface area (Å²) in [6.07, 6.45) is -2.66. The Morgan fingerprint density at radius 3 is 2.37 bits per heavy atom. The molecule has 2 heterocycles. The Hall–Kier alpha value is -3.15. The Kier molecular flexibility index (Phi) is 4.88. The highest BCUT2D eigenvalue weighted by Gasteiger charge is 2.34. The van der Waals surface area contributed by atoms with E-state index in [1.807, 2.05) is 68.7 Å². The second-order valence-electron chi connectivity index (χ2n) is 7.81. The second-order valence-corrected chi connectivity index (χ2v) is 7.81. The lowest BCUT2D eigenvalue weighted by Crippen LogP contribution is -2.36. The molecule has 0 amide bonds. The average molecular weight is 410 g/mol. The van der Waals surface area contributed by atoms with Crippen molar-refractivity contribution >= 4 is 10.9 Å². The molecule has 0 fully saturated rings. The van der Waals surface area contributed by atoms with Gasteiger partial charge in [0.2, 0.25) is 11.2 Å². The molecule has 2 aromatic heterocycles. The summed E-state index contributed by atoms with van der Waals surface area (Å²) in [4.78, 5) is 0. The van der Waals surface area contributed by atoms with Crippen molar-refractivity contribution in [3.8, 4) is 16.9 Å². The SMILES string of the molecule is Cc1c(-c2ccn(C(C)C)n2)cc(C(F)(F)F)cc1-[n+]1c(C)ccc2ccccc21. The topological polar surface area (TPSA) is 21.7 Å². The van der Waals surface area contributed by atoms with E-state index in [1.54, 1.807) is 16.9 Å². The molecule has 0 aliphatic heterocycles. The average Bonchev–Trinajstić information content (AvgIpc) is 3.18. The van der Waals surface area contributed by atoms with Gasteiger partial charge < -0.3 is 0 Å². The van der Waals surface area contributed by atoms with Gasteiger partial charge in [-0.15, -0.1) is 0 Å². The molecule has 0 radical (unpaired) electrons. The van der Waals surface area contributed by atoms with E-state index in [-0.39, 0.29) is 6.04 Å². The lowest BCUT2D eigenvalue weighted by Gasteiger charge is -2.14. The largest absolute Gasteiger partial charge is 0.416 e. The van der Waals surface area contributed by atoms with Crippen LogP contribution in [0.15, 0.2) is 60.8 Å². The molecule has 3 nitrogen and oxygen atoms in total. The second kappa shape index (κ2) is 7.27. The van der Waals surface area contributed by atoms with Crippen molar-refractivity contribution in [2.45, 2.75) is 39.9 Å². The summed E-state index contributed by atoms with van der Waals surface area (Å²) < 4.78 is 45.1. The van der Waals surface area contributed by atoms with Crippen molar-refractivity contribution in [2.24, 2.45) is 0 Å². The van der Waals surface area contributed by atoms with Crippen LogP contribution in [0.3, 0.4) is 0 Å². The summed E-state index contributed by atoms with van der Waals surface area (Å²) in [6.45, 7) is 7.72. The van der Waals surface area contributed by atoms with Gasteiger partial charge in [-0.2, -0.15) is 22.8 Å². The molecule has 4 aromatic rings. The third-order valence-corrected chi connectivity index (χ3v) is 5.40. The molecule has 0 spiro atoms. The van der Waals surface area contributed by atoms with Gasteiger partial charge in [0.05, 0.1) is 11.3 Å². The fourth-order valence-corrected chi connectivity index (χ4v) is 3.76. The lowest BCUT2D eigenvalue weighted by molar-refractivity contribution is -0.575. The van der Waals surface area contributed by atoms with Crippen LogP contribution in [0.4, 0.5) is 13.2 Å². The Labute approximate surface area is 173 Å². The van der Waals surface area contributed by atoms with Gasteiger partial charge in [0.1, 0.15) is 0 Å². The predicted octanol–water partition coefficient (Wildman–Crippen LogP) is 6.20. The van der Waals surface area contributed by atoms with E-state index in [4.69, 9.17) is 0 Å². The summed E-state index contributed by atoms with van der Waals surface area (Å²) in [7, 11) is 0. The van der Waals surface area contributed by atoms with Crippen molar-refractivity contribution < 1.29 is 17.7 Å². The Balaban J connectivity index is 2.05. The van der Waals surface area contributed by atoms with E-state index >= 15 is 0 Å². The van der Waals surface area contributed by atoms with Gasteiger partial charge in [-0.25, -0.2) is 0 Å². The molecule has 30 heavy (non-hydrogen) atoms. The van der Waals surface area contributed by atoms with Crippen LogP contribution in [0.25, 0.3) is 27.8 Å². The highest BCUT2D eigenvalue weighted by molar-refractivity contribution is 5.76. The number of aryl methyl sites for hydroxylation is 1. The fourth-order valence-electron chi connectivity index (χ4n) is 3.76. The number of para-hydroxylation sites is 1. The van der Waals surface area contributed by atoms with E-state index in [1.165, 1.54) is 12.1 Å². The maximum absolute atomic E-state index is 13.8. The van der Waals surface area contributed by atoms with Crippen molar-refractivity contribution in [2.75, 3.05) is 0 Å². The standard InChI is InChI=1S/C24H23F3N3/c1-15(2)29-12-11-21(28-29)20-13-19(24(25,26)27)14-23(17(20)4)30-16(3)9-10-18-7-5-6-8-22(18)30/h5-15H,1-4H3/q+1. The third-order valence-electron chi connectivity index (χ3n) is 5.40. The van der Waals surface area contributed by atoms with Gasteiger partial charge in [-0.3, -0.25) is 4.68 Å². The Morgan fingerprint density at radius 2 is 1.70 bits per heavy atom. The molecule has 0 saturated heterocycles. The number of hydrogen-bond donors (Lipinski definition) is 0. The molecule has 0 aliphatic rings. The van der Waals surface area contributed by atoms with Crippen LogP contribution in [0.5, 0.6) is 0 Å². The van der Waals surface area contributed by atoms with Gasteiger partial charge in [-0.1, -0.05) is 12.1 Å². The molecule has 0 unspecified atom stereocenters. The zero-order valence-electron chi connectivity index (χ0n) is 17.3. The molecule has 6 heteroatoms. The third kappa shape index (κ3) is 3.47. The first kappa shape index (κ1) is 20.1. The molecule has 4 rings (SSSR count). The maximum atomic E-state index is 13.8. The number of pyridine rings is 1. The normalized spacial score (nSPS) is 12.1. The van der Waals surface area contributed by atoms with E-state index in [9.17, 15) is 13.2 Å². The Bertz CT molecular complexity index is 1240. The van der Waals surface area contributed by atoms with E-state index < -0.39 is 11.7 Å². The van der Waals surface area contributed by atoms with Gasteiger partial charge in [0.15, 0.2) is 5.69 Å². The van der Waals surface area contributed by atoms with Crippen molar-refractivity contribution in [1.82, 2.24) is 9.78 Å². The number of alkyl halides is 3. The maximum Gasteiger partial charge on any atom is 0.416 e. The molecular formula is C24H23F3N3+. The summed E-state index contributed by atoms with van der Waals surface area (Å²) in [5.74, 6) is 0. The zero-order valence-corrected chi connectivity index (χ0v) is 17.3. The van der Waals surface area contributed by atoms with Crippen LogP contribution in [-0.2, 0) is 6.18 Å². The van der Waals surface area contributed by atoms with E-state index in [0.717, 1.165) is 22.2 Å². The zero-order chi connectivity index (χ0) is 21.6. The number of halogens is 3. The van der Waals surface area contributed by atoms with Crippen LogP contribution in [0.1, 0.15) is 36.7 Å². The molecule has 2 aromatic carbocycles. The van der Waals surface area contributed by atoms with Crippen molar-refractivity contribution in [1.29, 1.82) is 0 Å². The van der Waals surface area contributed by atoms with E-state index in [0.29, 0.717) is 16.9 Å². The minimum Gasteiger partial charge on any atom is -0.270 e. The number of hydrogen-bond acceptors (Lipinski definition) is 1.